The Morgan fingerprint density at radius 1 is 1.33 bits per heavy atom. The number of hydrogen-bond donors (Lipinski definition) is 0. The van der Waals surface area contributed by atoms with Gasteiger partial charge in [0.25, 0.3) is 0 Å². The Labute approximate surface area is 145 Å². The molecule has 126 valence electrons. The maximum Gasteiger partial charge on any atom is 0.116 e. The molecule has 1 saturated heterocycles. The van der Waals surface area contributed by atoms with E-state index in [9.17, 15) is 4.39 Å². The smallest absolute Gasteiger partial charge is 0.116 e. The van der Waals surface area contributed by atoms with Gasteiger partial charge in [0, 0.05) is 29.4 Å². The Hall–Kier alpha value is -1.91. The van der Waals surface area contributed by atoms with E-state index < -0.39 is 5.83 Å². The van der Waals surface area contributed by atoms with Crippen molar-refractivity contribution in [1.82, 2.24) is 9.78 Å². The summed E-state index contributed by atoms with van der Waals surface area (Å²) in [5.41, 5.74) is 1.80. The summed E-state index contributed by atoms with van der Waals surface area (Å²) in [7, 11) is 0. The van der Waals surface area contributed by atoms with Gasteiger partial charge in [0.2, 0.25) is 0 Å². The van der Waals surface area contributed by atoms with Crippen LogP contribution >= 0.6 is 11.6 Å². The maximum absolute atomic E-state index is 13.6. The molecule has 0 radical (unpaired) electrons. The quantitative estimate of drug-likeness (QED) is 0.850. The molecule has 5 heteroatoms. The molecule has 1 aliphatic heterocycles. The van der Waals surface area contributed by atoms with Gasteiger partial charge in [-0.15, -0.1) is 0 Å². The number of benzene rings is 1. The van der Waals surface area contributed by atoms with Gasteiger partial charge in [-0.1, -0.05) is 24.3 Å². The van der Waals surface area contributed by atoms with Crippen LogP contribution in [0.4, 0.5) is 4.39 Å². The summed E-state index contributed by atoms with van der Waals surface area (Å²) < 4.78 is 20.9. The number of halogens is 2. The van der Waals surface area contributed by atoms with Crippen LogP contribution < -0.4 is 10.6 Å². The Balaban J connectivity index is 2.22. The molecular formula is C19H20ClFN2O. The number of hydrogen-bond acceptors (Lipinski definition) is 2. The van der Waals surface area contributed by atoms with Crippen molar-refractivity contribution < 1.29 is 9.13 Å². The summed E-state index contributed by atoms with van der Waals surface area (Å²) in [6.45, 7) is 6.73. The monoisotopic (exact) mass is 346 g/mol. The molecule has 3 rings (SSSR count). The van der Waals surface area contributed by atoms with E-state index in [1.54, 1.807) is 0 Å². The third-order valence-corrected chi connectivity index (χ3v) is 4.49. The molecule has 24 heavy (non-hydrogen) atoms. The van der Waals surface area contributed by atoms with Crippen molar-refractivity contribution in [2.24, 2.45) is 0 Å². The van der Waals surface area contributed by atoms with Gasteiger partial charge >= 0.3 is 0 Å². The van der Waals surface area contributed by atoms with Gasteiger partial charge in [-0.05, 0) is 50.1 Å². The standard InChI is InChI=1S/C19H20ClFN2O/c1-3-18-17(12-13(2)21)19(14-8-10-24-11-9-14)22-23(18)16-6-4-15(20)5-7-16/h3-7,12,14H,2,8-11H2,1H3/b17-12+,18-3+. The Bertz CT molecular complexity index is 849. The number of rotatable bonds is 3. The summed E-state index contributed by atoms with van der Waals surface area (Å²) in [5, 5.41) is 7.13. The van der Waals surface area contributed by atoms with Gasteiger partial charge in [-0.25, -0.2) is 9.07 Å². The summed E-state index contributed by atoms with van der Waals surface area (Å²) in [6.07, 6.45) is 5.19. The SMILES string of the molecule is C=C(F)/C=c1/c(C2CCOCC2)nn(-c2ccc(Cl)cc2)/c1=C/C. The molecule has 2 heterocycles. The highest BCUT2D eigenvalue weighted by Gasteiger charge is 2.21. The van der Waals surface area contributed by atoms with Crippen LogP contribution in [0.3, 0.4) is 0 Å². The average molecular weight is 347 g/mol. The average Bonchev–Trinajstić information content (AvgIpc) is 2.94. The molecule has 0 bridgehead atoms. The molecule has 2 aromatic rings. The first kappa shape index (κ1) is 16.9. The molecule has 0 unspecified atom stereocenters. The minimum Gasteiger partial charge on any atom is -0.381 e. The first-order valence-electron chi connectivity index (χ1n) is 8.05. The van der Waals surface area contributed by atoms with Gasteiger partial charge in [0.1, 0.15) is 5.83 Å². The van der Waals surface area contributed by atoms with Gasteiger partial charge in [-0.3, -0.25) is 0 Å². The van der Waals surface area contributed by atoms with Crippen LogP contribution in [0.2, 0.25) is 5.02 Å². The van der Waals surface area contributed by atoms with Gasteiger partial charge in [-0.2, -0.15) is 5.10 Å². The zero-order valence-electron chi connectivity index (χ0n) is 13.6. The molecule has 1 aliphatic rings. The highest BCUT2D eigenvalue weighted by molar-refractivity contribution is 6.30. The van der Waals surface area contributed by atoms with Crippen LogP contribution in [0.15, 0.2) is 36.7 Å². The lowest BCUT2D eigenvalue weighted by Crippen LogP contribution is -2.31. The maximum atomic E-state index is 13.6. The Kier molecular flexibility index (Phi) is 5.17. The lowest BCUT2D eigenvalue weighted by molar-refractivity contribution is 0.0842. The lowest BCUT2D eigenvalue weighted by Gasteiger charge is -2.20. The summed E-state index contributed by atoms with van der Waals surface area (Å²) in [5.74, 6) is -0.210. The summed E-state index contributed by atoms with van der Waals surface area (Å²) >= 11 is 5.98. The second-order valence-corrected chi connectivity index (χ2v) is 6.28. The molecule has 1 aromatic heterocycles. The first-order chi connectivity index (χ1) is 11.6. The number of nitrogens with zero attached hydrogens (tertiary/aromatic N) is 2. The number of ether oxygens (including phenoxy) is 1. The number of aromatic nitrogens is 2. The second-order valence-electron chi connectivity index (χ2n) is 5.84. The van der Waals surface area contributed by atoms with E-state index in [1.165, 1.54) is 6.08 Å². The fourth-order valence-electron chi connectivity index (χ4n) is 3.09. The van der Waals surface area contributed by atoms with E-state index in [0.29, 0.717) is 18.2 Å². The van der Waals surface area contributed by atoms with Crippen LogP contribution in [-0.4, -0.2) is 23.0 Å². The minimum atomic E-state index is -0.470. The Morgan fingerprint density at radius 2 is 2.00 bits per heavy atom. The van der Waals surface area contributed by atoms with Crippen LogP contribution in [-0.2, 0) is 4.74 Å². The van der Waals surface area contributed by atoms with Crippen molar-refractivity contribution in [2.75, 3.05) is 13.2 Å². The lowest BCUT2D eigenvalue weighted by atomic mass is 9.95. The van der Waals surface area contributed by atoms with E-state index in [1.807, 2.05) is 41.9 Å². The number of allylic oxidation sites excluding steroid dienone is 1. The van der Waals surface area contributed by atoms with Crippen LogP contribution in [0.5, 0.6) is 0 Å². The van der Waals surface area contributed by atoms with E-state index in [2.05, 4.69) is 6.58 Å². The highest BCUT2D eigenvalue weighted by Crippen LogP contribution is 2.23. The fourth-order valence-corrected chi connectivity index (χ4v) is 3.22. The first-order valence-corrected chi connectivity index (χ1v) is 8.43. The van der Waals surface area contributed by atoms with Crippen LogP contribution in [0.25, 0.3) is 17.8 Å². The molecule has 0 aliphatic carbocycles. The van der Waals surface area contributed by atoms with Crippen molar-refractivity contribution in [3.05, 3.63) is 58.0 Å². The van der Waals surface area contributed by atoms with Gasteiger partial charge in [0.15, 0.2) is 0 Å². The molecule has 0 N–H and O–H groups in total. The molecule has 0 spiro atoms. The summed E-state index contributed by atoms with van der Waals surface area (Å²) in [4.78, 5) is 0. The molecule has 3 nitrogen and oxygen atoms in total. The van der Waals surface area contributed by atoms with E-state index in [4.69, 9.17) is 21.4 Å². The predicted molar refractivity (Wildman–Crippen MR) is 95.5 cm³/mol. The highest BCUT2D eigenvalue weighted by atomic mass is 35.5. The van der Waals surface area contributed by atoms with Crippen molar-refractivity contribution >= 4 is 23.8 Å². The molecule has 0 amide bonds. The zero-order chi connectivity index (χ0) is 17.1. The topological polar surface area (TPSA) is 27.1 Å². The van der Waals surface area contributed by atoms with Crippen molar-refractivity contribution in [1.29, 1.82) is 0 Å². The largest absolute Gasteiger partial charge is 0.381 e. The molecule has 0 atom stereocenters. The van der Waals surface area contributed by atoms with Crippen LogP contribution in [0.1, 0.15) is 31.4 Å². The molecule has 1 aromatic carbocycles. The Morgan fingerprint density at radius 3 is 2.58 bits per heavy atom. The van der Waals surface area contributed by atoms with Crippen molar-refractivity contribution in [3.63, 3.8) is 0 Å². The predicted octanol–water partition coefficient (Wildman–Crippen LogP) is 3.48. The second kappa shape index (κ2) is 7.32. The molecule has 1 fully saturated rings. The van der Waals surface area contributed by atoms with E-state index in [-0.39, 0.29) is 5.92 Å². The fraction of sp³-hybridized carbons (Fsp3) is 0.316. The molecule has 0 saturated carbocycles. The van der Waals surface area contributed by atoms with Gasteiger partial charge < -0.3 is 4.74 Å². The summed E-state index contributed by atoms with van der Waals surface area (Å²) in [6, 6.07) is 7.46. The van der Waals surface area contributed by atoms with E-state index >= 15 is 0 Å². The third kappa shape index (κ3) is 3.45. The van der Waals surface area contributed by atoms with Crippen LogP contribution in [0, 0.1) is 0 Å². The van der Waals surface area contributed by atoms with Crippen molar-refractivity contribution in [2.45, 2.75) is 25.7 Å². The molecular weight excluding hydrogens is 327 g/mol. The third-order valence-electron chi connectivity index (χ3n) is 4.24. The van der Waals surface area contributed by atoms with Gasteiger partial charge in [0.05, 0.1) is 16.7 Å². The van der Waals surface area contributed by atoms with E-state index in [0.717, 1.165) is 34.8 Å². The minimum absolute atomic E-state index is 0.261. The van der Waals surface area contributed by atoms with Crippen molar-refractivity contribution in [3.8, 4) is 5.69 Å². The zero-order valence-corrected chi connectivity index (χ0v) is 14.4. The normalized spacial score (nSPS) is 17.5.